The van der Waals surface area contributed by atoms with Gasteiger partial charge in [-0.1, -0.05) is 18.0 Å². The number of amides is 1. The van der Waals surface area contributed by atoms with E-state index in [1.165, 1.54) is 33.5 Å². The normalized spacial score (nSPS) is 17.6. The lowest BCUT2D eigenvalue weighted by atomic mass is 10.00. The third kappa shape index (κ3) is 3.84. The van der Waals surface area contributed by atoms with Gasteiger partial charge in [-0.05, 0) is 55.5 Å². The lowest BCUT2D eigenvalue weighted by molar-refractivity contribution is 0.0984. The Bertz CT molecular complexity index is 1100. The van der Waals surface area contributed by atoms with Crippen molar-refractivity contribution in [2.45, 2.75) is 37.0 Å². The summed E-state index contributed by atoms with van der Waals surface area (Å²) in [6, 6.07) is 6.03. The van der Waals surface area contributed by atoms with Crippen molar-refractivity contribution in [3.8, 4) is 0 Å². The summed E-state index contributed by atoms with van der Waals surface area (Å²) >= 11 is 6.18. The van der Waals surface area contributed by atoms with Crippen molar-refractivity contribution in [1.29, 1.82) is 0 Å². The first-order valence-corrected chi connectivity index (χ1v) is 11.7. The van der Waals surface area contributed by atoms with Gasteiger partial charge in [0.15, 0.2) is 0 Å². The van der Waals surface area contributed by atoms with Gasteiger partial charge >= 0.3 is 0 Å². The molecule has 0 bridgehead atoms. The summed E-state index contributed by atoms with van der Waals surface area (Å²) in [5.41, 5.74) is 0.553. The third-order valence-corrected chi connectivity index (χ3v) is 7.94. The maximum absolute atomic E-state index is 14.5. The Morgan fingerprint density at radius 1 is 0.967 bits per heavy atom. The Kier molecular flexibility index (Phi) is 5.83. The topological polar surface area (TPSA) is 57.7 Å². The highest BCUT2D eigenvalue weighted by Crippen LogP contribution is 2.33. The quantitative estimate of drug-likeness (QED) is 0.691. The minimum Gasteiger partial charge on any atom is -0.305 e. The number of hydrogen-bond donors (Lipinski definition) is 0. The van der Waals surface area contributed by atoms with Gasteiger partial charge in [-0.15, -0.1) is 0 Å². The monoisotopic (exact) mass is 454 g/mol. The molecule has 4 rings (SSSR count). The molecule has 2 heterocycles. The van der Waals surface area contributed by atoms with E-state index in [2.05, 4.69) is 0 Å². The molecule has 1 saturated heterocycles. The number of aryl methyl sites for hydroxylation is 1. The molecule has 0 aliphatic carbocycles. The van der Waals surface area contributed by atoms with Crippen LogP contribution >= 0.6 is 11.6 Å². The van der Waals surface area contributed by atoms with Gasteiger partial charge in [0, 0.05) is 31.3 Å². The van der Waals surface area contributed by atoms with Gasteiger partial charge < -0.3 is 4.90 Å². The van der Waals surface area contributed by atoms with Gasteiger partial charge in [0.1, 0.15) is 16.5 Å². The SMILES string of the molecule is O=C(c1ccc(Cl)c(S(=O)(=O)N2CCCCC2)c1)N1CCCc2cc(F)cc(F)c21. The van der Waals surface area contributed by atoms with E-state index in [9.17, 15) is 22.0 Å². The van der Waals surface area contributed by atoms with Gasteiger partial charge in [-0.3, -0.25) is 4.79 Å². The van der Waals surface area contributed by atoms with Crippen LogP contribution in [0.5, 0.6) is 0 Å². The molecule has 0 aromatic heterocycles. The Labute approximate surface area is 179 Å². The molecular formula is C21H21ClF2N2O3S. The summed E-state index contributed by atoms with van der Waals surface area (Å²) in [6.07, 6.45) is 3.53. The fraction of sp³-hybridized carbons (Fsp3) is 0.381. The summed E-state index contributed by atoms with van der Waals surface area (Å²) in [4.78, 5) is 14.3. The lowest BCUT2D eigenvalue weighted by Crippen LogP contribution is -2.37. The number of fused-ring (bicyclic) bond motifs is 1. The summed E-state index contributed by atoms with van der Waals surface area (Å²) in [5.74, 6) is -2.05. The van der Waals surface area contributed by atoms with Crippen molar-refractivity contribution >= 4 is 33.2 Å². The predicted molar refractivity (Wildman–Crippen MR) is 110 cm³/mol. The molecule has 0 saturated carbocycles. The molecule has 2 aromatic rings. The van der Waals surface area contributed by atoms with E-state index in [0.29, 0.717) is 31.5 Å². The molecule has 0 unspecified atom stereocenters. The van der Waals surface area contributed by atoms with Crippen LogP contribution in [0.2, 0.25) is 5.02 Å². The molecule has 2 aliphatic heterocycles. The molecule has 30 heavy (non-hydrogen) atoms. The number of nitrogens with zero attached hydrogens (tertiary/aromatic N) is 2. The van der Waals surface area contributed by atoms with Gasteiger partial charge in [0.2, 0.25) is 10.0 Å². The average Bonchev–Trinajstić information content (AvgIpc) is 2.73. The van der Waals surface area contributed by atoms with E-state index in [-0.39, 0.29) is 27.7 Å². The first-order chi connectivity index (χ1) is 14.3. The minimum absolute atomic E-state index is 0.0319. The maximum Gasteiger partial charge on any atom is 0.258 e. The highest BCUT2D eigenvalue weighted by atomic mass is 35.5. The third-order valence-electron chi connectivity index (χ3n) is 5.56. The zero-order valence-electron chi connectivity index (χ0n) is 16.2. The van der Waals surface area contributed by atoms with E-state index in [4.69, 9.17) is 11.6 Å². The number of carbonyl (C=O) groups excluding carboxylic acids is 1. The summed E-state index contributed by atoms with van der Waals surface area (Å²) in [5, 5.41) is 0.0319. The number of anilines is 1. The fourth-order valence-corrected chi connectivity index (χ4v) is 6.11. The molecule has 160 valence electrons. The number of halogens is 3. The molecule has 1 fully saturated rings. The minimum atomic E-state index is -3.85. The van der Waals surface area contributed by atoms with E-state index in [0.717, 1.165) is 25.3 Å². The number of carbonyl (C=O) groups is 1. The van der Waals surface area contributed by atoms with Crippen LogP contribution in [0.3, 0.4) is 0 Å². The van der Waals surface area contributed by atoms with Crippen LogP contribution in [-0.2, 0) is 16.4 Å². The molecule has 2 aromatic carbocycles. The molecular weight excluding hydrogens is 434 g/mol. The van der Waals surface area contributed by atoms with Gasteiger partial charge in [0.25, 0.3) is 5.91 Å². The molecule has 5 nitrogen and oxygen atoms in total. The van der Waals surface area contributed by atoms with Gasteiger partial charge in [-0.2, -0.15) is 4.31 Å². The van der Waals surface area contributed by atoms with Gasteiger partial charge in [0.05, 0.1) is 10.7 Å². The van der Waals surface area contributed by atoms with Crippen molar-refractivity contribution in [3.05, 3.63) is 58.1 Å². The smallest absolute Gasteiger partial charge is 0.258 e. The molecule has 0 atom stereocenters. The molecule has 0 radical (unpaired) electrons. The van der Waals surface area contributed by atoms with Crippen LogP contribution in [0.25, 0.3) is 0 Å². The van der Waals surface area contributed by atoms with Crippen LogP contribution in [0.4, 0.5) is 14.5 Å². The Balaban J connectivity index is 1.71. The summed E-state index contributed by atoms with van der Waals surface area (Å²) in [6.45, 7) is 1.07. The van der Waals surface area contributed by atoms with Crippen molar-refractivity contribution in [2.75, 3.05) is 24.5 Å². The zero-order valence-corrected chi connectivity index (χ0v) is 17.8. The van der Waals surface area contributed by atoms with Crippen LogP contribution in [0, 0.1) is 11.6 Å². The van der Waals surface area contributed by atoms with Crippen molar-refractivity contribution in [3.63, 3.8) is 0 Å². The van der Waals surface area contributed by atoms with Crippen molar-refractivity contribution < 1.29 is 22.0 Å². The number of benzene rings is 2. The van der Waals surface area contributed by atoms with Crippen LogP contribution in [0.1, 0.15) is 41.6 Å². The second kappa shape index (κ2) is 8.24. The van der Waals surface area contributed by atoms with Crippen LogP contribution < -0.4 is 4.90 Å². The number of sulfonamides is 1. The van der Waals surface area contributed by atoms with E-state index in [1.807, 2.05) is 0 Å². The first kappa shape index (κ1) is 21.2. The summed E-state index contributed by atoms with van der Waals surface area (Å²) in [7, 11) is -3.85. The number of hydrogen-bond acceptors (Lipinski definition) is 3. The van der Waals surface area contributed by atoms with Crippen molar-refractivity contribution in [2.24, 2.45) is 0 Å². The fourth-order valence-electron chi connectivity index (χ4n) is 4.09. The van der Waals surface area contributed by atoms with Crippen LogP contribution in [0.15, 0.2) is 35.2 Å². The average molecular weight is 455 g/mol. The standard InChI is InChI=1S/C21H21ClF2N2O3S/c22-17-7-6-15(12-19(17)30(28,29)25-8-2-1-3-9-25)21(27)26-10-4-5-14-11-16(23)13-18(24)20(14)26/h6-7,11-13H,1-5,8-10H2. The highest BCUT2D eigenvalue weighted by molar-refractivity contribution is 7.89. The zero-order chi connectivity index (χ0) is 21.5. The molecule has 0 N–H and O–H groups in total. The lowest BCUT2D eigenvalue weighted by Gasteiger charge is -2.30. The highest BCUT2D eigenvalue weighted by Gasteiger charge is 2.31. The summed E-state index contributed by atoms with van der Waals surface area (Å²) < 4.78 is 55.6. The second-order valence-corrected chi connectivity index (χ2v) is 9.88. The molecule has 0 spiro atoms. The first-order valence-electron chi connectivity index (χ1n) is 9.88. The largest absolute Gasteiger partial charge is 0.305 e. The molecule has 2 aliphatic rings. The van der Waals surface area contributed by atoms with Crippen molar-refractivity contribution in [1.82, 2.24) is 4.31 Å². The van der Waals surface area contributed by atoms with Crippen LogP contribution in [-0.4, -0.2) is 38.3 Å². The Morgan fingerprint density at radius 2 is 1.70 bits per heavy atom. The van der Waals surface area contributed by atoms with E-state index in [1.54, 1.807) is 0 Å². The van der Waals surface area contributed by atoms with Gasteiger partial charge in [-0.25, -0.2) is 17.2 Å². The number of rotatable bonds is 3. The number of piperidine rings is 1. The van der Waals surface area contributed by atoms with E-state index >= 15 is 0 Å². The Morgan fingerprint density at radius 3 is 2.43 bits per heavy atom. The maximum atomic E-state index is 14.5. The molecule has 1 amide bonds. The second-order valence-electron chi connectivity index (χ2n) is 7.57. The Hall–Kier alpha value is -2.03. The molecule has 9 heteroatoms. The predicted octanol–water partition coefficient (Wildman–Crippen LogP) is 4.39. The van der Waals surface area contributed by atoms with E-state index < -0.39 is 27.6 Å².